The molecule has 21 heavy (non-hydrogen) atoms. The van der Waals surface area contributed by atoms with Gasteiger partial charge >= 0.3 is 5.97 Å². The van der Waals surface area contributed by atoms with Gasteiger partial charge in [0.2, 0.25) is 0 Å². The van der Waals surface area contributed by atoms with Crippen LogP contribution < -0.4 is 0 Å². The quantitative estimate of drug-likeness (QED) is 0.817. The van der Waals surface area contributed by atoms with Gasteiger partial charge in [-0.15, -0.1) is 11.3 Å². The molecule has 1 saturated carbocycles. The number of esters is 1. The third kappa shape index (κ3) is 5.04. The smallest absolute Gasteiger partial charge is 0.309 e. The predicted octanol–water partition coefficient (Wildman–Crippen LogP) is 3.71. The number of rotatable bonds is 3. The number of carbonyl (C=O) groups is 1. The number of aliphatic hydroxyl groups is 1. The molecule has 118 valence electrons. The zero-order valence-electron chi connectivity index (χ0n) is 12.7. The molecule has 0 saturated heterocycles. The monoisotopic (exact) mass is 375 g/mol. The molecule has 0 spiro atoms. The molecule has 4 nitrogen and oxygen atoms in total. The Balaban J connectivity index is 1.88. The lowest BCUT2D eigenvalue weighted by Gasteiger charge is -2.35. The fourth-order valence-electron chi connectivity index (χ4n) is 2.60. The van der Waals surface area contributed by atoms with Crippen molar-refractivity contribution in [3.05, 3.63) is 15.0 Å². The van der Waals surface area contributed by atoms with E-state index in [0.717, 1.165) is 8.79 Å². The fraction of sp³-hybridized carbons (Fsp3) is 0.733. The summed E-state index contributed by atoms with van der Waals surface area (Å²) in [7, 11) is 0. The van der Waals surface area contributed by atoms with E-state index < -0.39 is 11.2 Å². The Bertz CT molecular complexity index is 501. The molecular weight excluding hydrogens is 354 g/mol. The maximum absolute atomic E-state index is 12.1. The van der Waals surface area contributed by atoms with Crippen LogP contribution in [0.5, 0.6) is 0 Å². The number of carbonyl (C=O) groups excluding carboxylic acids is 1. The van der Waals surface area contributed by atoms with Crippen molar-refractivity contribution in [1.82, 2.24) is 4.98 Å². The number of nitrogens with zero attached hydrogens (tertiary/aromatic N) is 1. The third-order valence-corrected chi connectivity index (χ3v) is 5.14. The number of hydrogen-bond donors (Lipinski definition) is 1. The van der Waals surface area contributed by atoms with Gasteiger partial charge in [0, 0.05) is 6.42 Å². The highest BCUT2D eigenvalue weighted by Crippen LogP contribution is 2.36. The first-order chi connectivity index (χ1) is 9.67. The lowest BCUT2D eigenvalue weighted by molar-refractivity contribution is -0.162. The zero-order chi connectivity index (χ0) is 15.7. The van der Waals surface area contributed by atoms with Crippen molar-refractivity contribution in [2.45, 2.75) is 64.1 Å². The van der Waals surface area contributed by atoms with Crippen molar-refractivity contribution < 1.29 is 14.6 Å². The van der Waals surface area contributed by atoms with Crippen LogP contribution in [0.1, 0.15) is 51.5 Å². The number of hydrogen-bond acceptors (Lipinski definition) is 5. The van der Waals surface area contributed by atoms with Crippen LogP contribution in [-0.4, -0.2) is 27.3 Å². The molecule has 1 fully saturated rings. The van der Waals surface area contributed by atoms with E-state index in [4.69, 9.17) is 4.74 Å². The second kappa shape index (κ2) is 6.34. The second-order valence-electron chi connectivity index (χ2n) is 6.77. The Hall–Kier alpha value is -0.460. The van der Waals surface area contributed by atoms with E-state index in [1.54, 1.807) is 17.5 Å². The minimum atomic E-state index is -0.740. The van der Waals surface area contributed by atoms with Gasteiger partial charge in [0.15, 0.2) is 0 Å². The molecular formula is C15H22BrNO3S. The molecule has 0 atom stereocenters. The van der Waals surface area contributed by atoms with Gasteiger partial charge in [-0.05, 0) is 62.4 Å². The van der Waals surface area contributed by atoms with Crippen molar-refractivity contribution in [2.75, 3.05) is 0 Å². The van der Waals surface area contributed by atoms with E-state index >= 15 is 0 Å². The van der Waals surface area contributed by atoms with Gasteiger partial charge in [-0.1, -0.05) is 0 Å². The molecule has 1 aromatic heterocycles. The van der Waals surface area contributed by atoms with Crippen molar-refractivity contribution in [3.8, 4) is 0 Å². The third-order valence-electron chi connectivity index (χ3n) is 3.66. The van der Waals surface area contributed by atoms with Crippen LogP contribution >= 0.6 is 27.3 Å². The lowest BCUT2D eigenvalue weighted by atomic mass is 9.77. The highest BCUT2D eigenvalue weighted by molar-refractivity contribution is 9.11. The van der Waals surface area contributed by atoms with Crippen molar-refractivity contribution in [1.29, 1.82) is 0 Å². The largest absolute Gasteiger partial charge is 0.460 e. The van der Waals surface area contributed by atoms with Crippen LogP contribution in [0.4, 0.5) is 0 Å². The standard InChI is InChI=1S/C15H22BrNO3S/c1-14(2,3)20-13(18)10-4-6-15(19,7-5-10)8-12-17-9-11(16)21-12/h9-10,19H,4-8H2,1-3H3/t10-,15-. The SMILES string of the molecule is CC(C)(C)OC(=O)[C@H]1CC[C@@](O)(Cc2ncc(Br)s2)CC1. The molecule has 0 radical (unpaired) electrons. The van der Waals surface area contributed by atoms with Gasteiger partial charge in [-0.2, -0.15) is 0 Å². The predicted molar refractivity (Wildman–Crippen MR) is 86.3 cm³/mol. The highest BCUT2D eigenvalue weighted by Gasteiger charge is 2.38. The fourth-order valence-corrected chi connectivity index (χ4v) is 4.04. The summed E-state index contributed by atoms with van der Waals surface area (Å²) < 4.78 is 6.41. The van der Waals surface area contributed by atoms with Crippen molar-refractivity contribution in [2.24, 2.45) is 5.92 Å². The Kier molecular flexibility index (Phi) is 5.11. The van der Waals surface area contributed by atoms with Crippen LogP contribution in [0.15, 0.2) is 9.98 Å². The molecule has 0 unspecified atom stereocenters. The summed E-state index contributed by atoms with van der Waals surface area (Å²) >= 11 is 4.93. The Labute approximate surface area is 138 Å². The molecule has 0 aliphatic heterocycles. The van der Waals surface area contributed by atoms with Crippen LogP contribution in [-0.2, 0) is 16.0 Å². The summed E-state index contributed by atoms with van der Waals surface area (Å²) in [5, 5.41) is 11.6. The number of ether oxygens (including phenoxy) is 1. The summed E-state index contributed by atoms with van der Waals surface area (Å²) in [4.78, 5) is 16.3. The van der Waals surface area contributed by atoms with Crippen molar-refractivity contribution >= 4 is 33.2 Å². The summed E-state index contributed by atoms with van der Waals surface area (Å²) in [5.74, 6) is -0.228. The van der Waals surface area contributed by atoms with Gasteiger partial charge in [0.1, 0.15) is 5.60 Å². The molecule has 1 aromatic rings. The van der Waals surface area contributed by atoms with Gasteiger partial charge in [0.05, 0.1) is 26.5 Å². The van der Waals surface area contributed by atoms with Crippen LogP contribution in [0.2, 0.25) is 0 Å². The molecule has 1 heterocycles. The minimum Gasteiger partial charge on any atom is -0.460 e. The lowest BCUT2D eigenvalue weighted by Crippen LogP contribution is -2.39. The molecule has 2 rings (SSSR count). The van der Waals surface area contributed by atoms with Gasteiger partial charge in [0.25, 0.3) is 0 Å². The Morgan fingerprint density at radius 2 is 2.14 bits per heavy atom. The summed E-state index contributed by atoms with van der Waals surface area (Å²) in [6.07, 6.45) is 4.91. The molecule has 0 amide bonds. The average Bonchev–Trinajstić information content (AvgIpc) is 2.72. The van der Waals surface area contributed by atoms with E-state index in [2.05, 4.69) is 20.9 Å². The van der Waals surface area contributed by atoms with Gasteiger partial charge < -0.3 is 9.84 Å². The summed E-state index contributed by atoms with van der Waals surface area (Å²) in [6.45, 7) is 5.64. The molecule has 0 bridgehead atoms. The first-order valence-corrected chi connectivity index (χ1v) is 8.83. The highest BCUT2D eigenvalue weighted by atomic mass is 79.9. The van der Waals surface area contributed by atoms with E-state index in [1.807, 2.05) is 20.8 Å². The molecule has 1 aliphatic carbocycles. The number of aromatic nitrogens is 1. The van der Waals surface area contributed by atoms with Gasteiger partial charge in [-0.25, -0.2) is 4.98 Å². The summed E-state index contributed by atoms with van der Waals surface area (Å²) in [6, 6.07) is 0. The average molecular weight is 376 g/mol. The first-order valence-electron chi connectivity index (χ1n) is 7.22. The molecule has 1 N–H and O–H groups in total. The van der Waals surface area contributed by atoms with E-state index in [0.29, 0.717) is 32.1 Å². The van der Waals surface area contributed by atoms with Crippen LogP contribution in [0.3, 0.4) is 0 Å². The summed E-state index contributed by atoms with van der Waals surface area (Å²) in [5.41, 5.74) is -1.19. The van der Waals surface area contributed by atoms with Crippen LogP contribution in [0.25, 0.3) is 0 Å². The van der Waals surface area contributed by atoms with Gasteiger partial charge in [-0.3, -0.25) is 4.79 Å². The first kappa shape index (κ1) is 16.9. The molecule has 0 aromatic carbocycles. The Morgan fingerprint density at radius 1 is 1.52 bits per heavy atom. The van der Waals surface area contributed by atoms with E-state index in [1.165, 1.54) is 0 Å². The second-order valence-corrected chi connectivity index (χ2v) is 9.26. The topological polar surface area (TPSA) is 59.4 Å². The normalized spacial score (nSPS) is 26.6. The van der Waals surface area contributed by atoms with Crippen LogP contribution in [0, 0.1) is 5.92 Å². The Morgan fingerprint density at radius 3 is 2.62 bits per heavy atom. The minimum absolute atomic E-state index is 0.0902. The molecule has 1 aliphatic rings. The zero-order valence-corrected chi connectivity index (χ0v) is 15.1. The number of thiazole rings is 1. The van der Waals surface area contributed by atoms with E-state index in [-0.39, 0.29) is 11.9 Å². The maximum atomic E-state index is 12.1. The molecule has 6 heteroatoms. The number of halogens is 1. The maximum Gasteiger partial charge on any atom is 0.309 e. The van der Waals surface area contributed by atoms with Crippen molar-refractivity contribution in [3.63, 3.8) is 0 Å². The van der Waals surface area contributed by atoms with E-state index in [9.17, 15) is 9.90 Å².